The van der Waals surface area contributed by atoms with Gasteiger partial charge in [0.05, 0.1) is 0 Å². The molecule has 2 heterocycles. The highest BCUT2D eigenvalue weighted by Gasteiger charge is 2.64. The SMILES string of the molecule is CC1(C)C(=O)O[B-]2(OC1=O)OC(=O)C(C)(F)C(=O)O2. The van der Waals surface area contributed by atoms with Crippen LogP contribution >= 0.6 is 0 Å². The Bertz CT molecular complexity index is 421. The zero-order valence-electron chi connectivity index (χ0n) is 10.2. The summed E-state index contributed by atoms with van der Waals surface area (Å²) in [6.45, 7) is -0.718. The highest BCUT2D eigenvalue weighted by molar-refractivity contribution is 6.64. The Morgan fingerprint density at radius 2 is 1.11 bits per heavy atom. The molecule has 8 nitrogen and oxygen atoms in total. The monoisotopic (exact) mass is 275 g/mol. The average molecular weight is 275 g/mol. The maximum atomic E-state index is 13.5. The predicted octanol–water partition coefficient (Wildman–Crippen LogP) is -0.624. The molecule has 0 atom stereocenters. The molecule has 2 aliphatic rings. The first-order valence-electron chi connectivity index (χ1n) is 5.26. The van der Waals surface area contributed by atoms with Crippen molar-refractivity contribution in [1.82, 2.24) is 0 Å². The second-order valence-corrected chi connectivity index (χ2v) is 4.83. The summed E-state index contributed by atoms with van der Waals surface area (Å²) in [4.78, 5) is 45.8. The number of halogens is 1. The van der Waals surface area contributed by atoms with E-state index in [-0.39, 0.29) is 0 Å². The average Bonchev–Trinajstić information content (AvgIpc) is 2.24. The van der Waals surface area contributed by atoms with Crippen LogP contribution in [0.2, 0.25) is 0 Å². The van der Waals surface area contributed by atoms with Crippen molar-refractivity contribution >= 4 is 30.8 Å². The fourth-order valence-electron chi connectivity index (χ4n) is 1.35. The lowest BCUT2D eigenvalue weighted by Gasteiger charge is -2.48. The molecule has 0 bridgehead atoms. The molecule has 0 aromatic heterocycles. The fourth-order valence-corrected chi connectivity index (χ4v) is 1.35. The molecular weight excluding hydrogens is 266 g/mol. The van der Waals surface area contributed by atoms with Gasteiger partial charge in [-0.3, -0.25) is 19.2 Å². The molecule has 104 valence electrons. The Hall–Kier alpha value is -2.13. The van der Waals surface area contributed by atoms with Crippen LogP contribution in [0.15, 0.2) is 0 Å². The molecule has 0 amide bonds. The van der Waals surface area contributed by atoms with Gasteiger partial charge in [0.2, 0.25) is 0 Å². The molecule has 10 heteroatoms. The van der Waals surface area contributed by atoms with Crippen molar-refractivity contribution in [2.75, 3.05) is 0 Å². The van der Waals surface area contributed by atoms with E-state index in [4.69, 9.17) is 0 Å². The molecule has 0 radical (unpaired) electrons. The first-order chi connectivity index (χ1) is 8.51. The van der Waals surface area contributed by atoms with Crippen LogP contribution in [0.4, 0.5) is 4.39 Å². The molecule has 2 rings (SSSR count). The van der Waals surface area contributed by atoms with Crippen LogP contribution < -0.4 is 0 Å². The van der Waals surface area contributed by atoms with E-state index in [1.54, 1.807) is 0 Å². The maximum absolute atomic E-state index is 13.5. The number of hydrogen-bond acceptors (Lipinski definition) is 8. The number of carbonyl (C=O) groups excluding carboxylic acids is 4. The lowest BCUT2D eigenvalue weighted by Crippen LogP contribution is -2.68. The minimum atomic E-state index is -3.73. The first kappa shape index (κ1) is 13.3. The molecule has 2 aliphatic heterocycles. The van der Waals surface area contributed by atoms with Gasteiger partial charge < -0.3 is 18.6 Å². The second kappa shape index (κ2) is 3.46. The molecule has 0 saturated carbocycles. The van der Waals surface area contributed by atoms with Gasteiger partial charge in [0.15, 0.2) is 5.41 Å². The number of hydrogen-bond donors (Lipinski definition) is 0. The van der Waals surface area contributed by atoms with Crippen LogP contribution in [-0.4, -0.2) is 36.5 Å². The smallest absolute Gasteiger partial charge is 0.584 e. The van der Waals surface area contributed by atoms with E-state index in [9.17, 15) is 23.6 Å². The van der Waals surface area contributed by atoms with E-state index < -0.39 is 41.9 Å². The number of rotatable bonds is 0. The van der Waals surface area contributed by atoms with Crippen molar-refractivity contribution in [3.05, 3.63) is 0 Å². The molecule has 19 heavy (non-hydrogen) atoms. The van der Waals surface area contributed by atoms with E-state index in [1.807, 2.05) is 0 Å². The van der Waals surface area contributed by atoms with E-state index in [0.29, 0.717) is 6.92 Å². The van der Waals surface area contributed by atoms with Crippen LogP contribution in [0, 0.1) is 5.41 Å². The summed E-state index contributed by atoms with van der Waals surface area (Å²) >= 11 is 0. The summed E-state index contributed by atoms with van der Waals surface area (Å²) < 4.78 is 31.4. The Morgan fingerprint density at radius 1 is 0.789 bits per heavy atom. The second-order valence-electron chi connectivity index (χ2n) is 4.83. The van der Waals surface area contributed by atoms with Crippen LogP contribution in [0.3, 0.4) is 0 Å². The summed E-state index contributed by atoms with van der Waals surface area (Å²) in [5, 5.41) is 0. The van der Waals surface area contributed by atoms with Gasteiger partial charge in [0.25, 0.3) is 17.6 Å². The van der Waals surface area contributed by atoms with Gasteiger partial charge in [-0.25, -0.2) is 4.39 Å². The summed E-state index contributed by atoms with van der Waals surface area (Å²) in [6, 6.07) is 0. The highest BCUT2D eigenvalue weighted by Crippen LogP contribution is 2.35. The van der Waals surface area contributed by atoms with Crippen molar-refractivity contribution < 1.29 is 42.2 Å². The van der Waals surface area contributed by atoms with Gasteiger partial charge in [0, 0.05) is 0 Å². The molecule has 0 unspecified atom stereocenters. The molecule has 1 spiro atoms. The van der Waals surface area contributed by atoms with E-state index in [1.165, 1.54) is 13.8 Å². The largest absolute Gasteiger partial charge is 0.784 e. The van der Waals surface area contributed by atoms with Crippen LogP contribution in [0.25, 0.3) is 0 Å². The standard InChI is InChI=1S/C9H9BFO8/c1-8(2)4(12)16-10(17-5(8)13)18-6(14)9(3,11)7(15)19-10/h1-3H3/q-1. The van der Waals surface area contributed by atoms with Crippen LogP contribution in [0.1, 0.15) is 20.8 Å². The highest BCUT2D eigenvalue weighted by atomic mass is 19.1. The molecule has 2 fully saturated rings. The van der Waals surface area contributed by atoms with Crippen molar-refractivity contribution in [2.45, 2.75) is 26.4 Å². The lowest BCUT2D eigenvalue weighted by atomic mass is 9.87. The van der Waals surface area contributed by atoms with Gasteiger partial charge >= 0.3 is 18.9 Å². The van der Waals surface area contributed by atoms with E-state index in [0.717, 1.165) is 0 Å². The van der Waals surface area contributed by atoms with Crippen LogP contribution in [0.5, 0.6) is 0 Å². The van der Waals surface area contributed by atoms with Gasteiger partial charge in [0.1, 0.15) is 0 Å². The number of carbonyl (C=O) groups is 4. The van der Waals surface area contributed by atoms with E-state index in [2.05, 4.69) is 18.6 Å². The maximum Gasteiger partial charge on any atom is 0.784 e. The van der Waals surface area contributed by atoms with Crippen molar-refractivity contribution in [3.8, 4) is 0 Å². The lowest BCUT2D eigenvalue weighted by molar-refractivity contribution is -0.197. The summed E-state index contributed by atoms with van der Waals surface area (Å²) in [6.07, 6.45) is 0. The first-order valence-corrected chi connectivity index (χ1v) is 5.26. The minimum absolute atomic E-state index is 0.608. The minimum Gasteiger partial charge on any atom is -0.584 e. The molecule has 0 aliphatic carbocycles. The third kappa shape index (κ3) is 1.74. The molecule has 0 N–H and O–H groups in total. The van der Waals surface area contributed by atoms with Gasteiger partial charge in [-0.15, -0.1) is 0 Å². The van der Waals surface area contributed by atoms with Crippen LogP contribution in [-0.2, 0) is 37.8 Å². The van der Waals surface area contributed by atoms with Crippen molar-refractivity contribution in [1.29, 1.82) is 0 Å². The van der Waals surface area contributed by atoms with Crippen molar-refractivity contribution in [2.24, 2.45) is 5.41 Å². The normalized spacial score (nSPS) is 27.2. The van der Waals surface area contributed by atoms with Gasteiger partial charge in [-0.2, -0.15) is 0 Å². The van der Waals surface area contributed by atoms with Gasteiger partial charge in [-0.05, 0) is 20.8 Å². The Morgan fingerprint density at radius 3 is 1.47 bits per heavy atom. The fraction of sp³-hybridized carbons (Fsp3) is 0.556. The summed E-state index contributed by atoms with van der Waals surface area (Å²) in [5.41, 5.74) is -4.71. The molecule has 2 saturated heterocycles. The molecule has 0 aromatic rings. The molecule has 0 aromatic carbocycles. The Labute approximate surface area is 106 Å². The zero-order valence-corrected chi connectivity index (χ0v) is 10.2. The summed E-state index contributed by atoms with van der Waals surface area (Å²) in [7, 11) is 0. The third-order valence-electron chi connectivity index (χ3n) is 2.79. The quantitative estimate of drug-likeness (QED) is 0.425. The molecular formula is C9H9BFO8-. The summed E-state index contributed by atoms with van der Waals surface area (Å²) in [5.74, 6) is -5.56. The number of alkyl halides is 1. The Kier molecular flexibility index (Phi) is 2.42. The topological polar surface area (TPSA) is 105 Å². The van der Waals surface area contributed by atoms with E-state index >= 15 is 0 Å². The van der Waals surface area contributed by atoms with Crippen molar-refractivity contribution in [3.63, 3.8) is 0 Å². The third-order valence-corrected chi connectivity index (χ3v) is 2.79. The Balaban J connectivity index is 2.33. The predicted molar refractivity (Wildman–Crippen MR) is 53.4 cm³/mol. The van der Waals surface area contributed by atoms with Gasteiger partial charge in [-0.1, -0.05) is 0 Å². The zero-order chi connectivity index (χ0) is 14.6.